The van der Waals surface area contributed by atoms with Crippen molar-refractivity contribution in [1.29, 1.82) is 0 Å². The SMILES string of the molecule is O=C(/C=C/c1ccc(Br)cc1)NNC(=O)c1ccc[nH]1. The van der Waals surface area contributed by atoms with Crippen LogP contribution in [0, 0.1) is 0 Å². The molecule has 3 N–H and O–H groups in total. The molecule has 2 aromatic rings. The van der Waals surface area contributed by atoms with Gasteiger partial charge in [0.15, 0.2) is 0 Å². The number of nitrogens with one attached hydrogen (secondary N) is 3. The highest BCUT2D eigenvalue weighted by molar-refractivity contribution is 9.10. The van der Waals surface area contributed by atoms with E-state index in [9.17, 15) is 9.59 Å². The molecule has 1 aromatic heterocycles. The highest BCUT2D eigenvalue weighted by Crippen LogP contribution is 2.11. The van der Waals surface area contributed by atoms with E-state index in [-0.39, 0.29) is 0 Å². The van der Waals surface area contributed by atoms with Crippen LogP contribution in [-0.4, -0.2) is 16.8 Å². The number of hydrazine groups is 1. The number of halogens is 1. The van der Waals surface area contributed by atoms with Crippen LogP contribution in [0.5, 0.6) is 0 Å². The monoisotopic (exact) mass is 333 g/mol. The molecule has 0 saturated carbocycles. The Morgan fingerprint density at radius 3 is 2.50 bits per heavy atom. The lowest BCUT2D eigenvalue weighted by molar-refractivity contribution is -0.117. The third-order valence-electron chi connectivity index (χ3n) is 2.44. The van der Waals surface area contributed by atoms with E-state index in [0.29, 0.717) is 5.69 Å². The van der Waals surface area contributed by atoms with Crippen molar-refractivity contribution in [2.75, 3.05) is 0 Å². The molecule has 102 valence electrons. The Hall–Kier alpha value is -2.34. The largest absolute Gasteiger partial charge is 0.357 e. The molecular formula is C14H12BrN3O2. The van der Waals surface area contributed by atoms with Crippen LogP contribution < -0.4 is 10.9 Å². The topological polar surface area (TPSA) is 74.0 Å². The highest BCUT2D eigenvalue weighted by Gasteiger charge is 2.05. The van der Waals surface area contributed by atoms with Crippen LogP contribution in [0.15, 0.2) is 53.1 Å². The molecule has 0 unspecified atom stereocenters. The molecule has 0 radical (unpaired) electrons. The number of hydrogen-bond donors (Lipinski definition) is 3. The van der Waals surface area contributed by atoms with Crippen LogP contribution in [0.3, 0.4) is 0 Å². The summed E-state index contributed by atoms with van der Waals surface area (Å²) < 4.78 is 0.970. The Kier molecular flexibility index (Phi) is 4.73. The molecule has 0 aliphatic rings. The zero-order chi connectivity index (χ0) is 14.4. The van der Waals surface area contributed by atoms with Crippen LogP contribution in [-0.2, 0) is 4.79 Å². The second-order valence-electron chi connectivity index (χ2n) is 3.91. The summed E-state index contributed by atoms with van der Waals surface area (Å²) in [7, 11) is 0. The normalized spacial score (nSPS) is 10.4. The van der Waals surface area contributed by atoms with Crippen molar-refractivity contribution in [2.45, 2.75) is 0 Å². The molecule has 0 aliphatic heterocycles. The lowest BCUT2D eigenvalue weighted by atomic mass is 10.2. The Morgan fingerprint density at radius 1 is 1.10 bits per heavy atom. The molecule has 5 nitrogen and oxygen atoms in total. The number of benzene rings is 1. The minimum Gasteiger partial charge on any atom is -0.357 e. The molecule has 0 aliphatic carbocycles. The van der Waals surface area contributed by atoms with E-state index < -0.39 is 11.8 Å². The van der Waals surface area contributed by atoms with Gasteiger partial charge in [-0.05, 0) is 35.9 Å². The van der Waals surface area contributed by atoms with E-state index in [1.54, 1.807) is 24.4 Å². The van der Waals surface area contributed by atoms with Crippen LogP contribution in [0.1, 0.15) is 16.1 Å². The van der Waals surface area contributed by atoms with Crippen molar-refractivity contribution in [3.8, 4) is 0 Å². The van der Waals surface area contributed by atoms with E-state index in [1.807, 2.05) is 24.3 Å². The highest BCUT2D eigenvalue weighted by atomic mass is 79.9. The lowest BCUT2D eigenvalue weighted by Gasteiger charge is -2.03. The number of carbonyl (C=O) groups excluding carboxylic acids is 2. The molecule has 0 saturated heterocycles. The fourth-order valence-corrected chi connectivity index (χ4v) is 1.71. The standard InChI is InChI=1S/C14H12BrN3O2/c15-11-6-3-10(4-7-11)5-8-13(19)17-18-14(20)12-2-1-9-16-12/h1-9,16H,(H,17,19)(H,18,20)/b8-5+. The average Bonchev–Trinajstić information content (AvgIpc) is 2.98. The van der Waals surface area contributed by atoms with E-state index in [0.717, 1.165) is 10.0 Å². The Balaban J connectivity index is 1.83. The smallest absolute Gasteiger partial charge is 0.286 e. The summed E-state index contributed by atoms with van der Waals surface area (Å²) >= 11 is 3.33. The van der Waals surface area contributed by atoms with Gasteiger partial charge < -0.3 is 4.98 Å². The summed E-state index contributed by atoms with van der Waals surface area (Å²) in [5.41, 5.74) is 5.86. The quantitative estimate of drug-likeness (QED) is 0.595. The van der Waals surface area contributed by atoms with Crippen LogP contribution >= 0.6 is 15.9 Å². The fourth-order valence-electron chi connectivity index (χ4n) is 1.44. The van der Waals surface area contributed by atoms with Gasteiger partial charge in [-0.15, -0.1) is 0 Å². The first kappa shape index (κ1) is 14.1. The third kappa shape index (κ3) is 4.10. The van der Waals surface area contributed by atoms with Gasteiger partial charge in [-0.3, -0.25) is 20.4 Å². The molecule has 0 atom stereocenters. The molecule has 1 aromatic carbocycles. The first-order valence-electron chi connectivity index (χ1n) is 5.82. The van der Waals surface area contributed by atoms with Crippen molar-refractivity contribution in [1.82, 2.24) is 15.8 Å². The van der Waals surface area contributed by atoms with E-state index in [4.69, 9.17) is 0 Å². The van der Waals surface area contributed by atoms with Crippen molar-refractivity contribution in [3.63, 3.8) is 0 Å². The Bertz CT molecular complexity index is 618. The summed E-state index contributed by atoms with van der Waals surface area (Å²) in [4.78, 5) is 25.8. The van der Waals surface area contributed by atoms with E-state index in [2.05, 4.69) is 31.8 Å². The van der Waals surface area contributed by atoms with Gasteiger partial charge in [0, 0.05) is 16.7 Å². The van der Waals surface area contributed by atoms with Crippen molar-refractivity contribution in [3.05, 3.63) is 64.4 Å². The van der Waals surface area contributed by atoms with Gasteiger partial charge in [-0.25, -0.2) is 0 Å². The summed E-state index contributed by atoms with van der Waals surface area (Å²) in [5, 5.41) is 0. The van der Waals surface area contributed by atoms with Crippen LogP contribution in [0.4, 0.5) is 0 Å². The number of carbonyl (C=O) groups is 2. The number of hydrogen-bond acceptors (Lipinski definition) is 2. The van der Waals surface area contributed by atoms with Gasteiger partial charge in [0.1, 0.15) is 5.69 Å². The van der Waals surface area contributed by atoms with Crippen LogP contribution in [0.25, 0.3) is 6.08 Å². The maximum absolute atomic E-state index is 11.5. The predicted molar refractivity (Wildman–Crippen MR) is 79.6 cm³/mol. The fraction of sp³-hybridized carbons (Fsp3) is 0. The van der Waals surface area contributed by atoms with Gasteiger partial charge in [0.2, 0.25) is 0 Å². The number of amides is 2. The number of aromatic nitrogens is 1. The first-order chi connectivity index (χ1) is 9.65. The minimum absolute atomic E-state index is 0.377. The molecule has 20 heavy (non-hydrogen) atoms. The van der Waals surface area contributed by atoms with Crippen molar-refractivity contribution >= 4 is 33.8 Å². The van der Waals surface area contributed by atoms with Crippen molar-refractivity contribution < 1.29 is 9.59 Å². The summed E-state index contributed by atoms with van der Waals surface area (Å²) in [6.45, 7) is 0. The van der Waals surface area contributed by atoms with Gasteiger partial charge in [-0.1, -0.05) is 28.1 Å². The zero-order valence-electron chi connectivity index (χ0n) is 10.4. The first-order valence-corrected chi connectivity index (χ1v) is 6.62. The average molecular weight is 334 g/mol. The second kappa shape index (κ2) is 6.72. The molecule has 0 spiro atoms. The maximum atomic E-state index is 11.5. The Morgan fingerprint density at radius 2 is 1.85 bits per heavy atom. The zero-order valence-corrected chi connectivity index (χ0v) is 12.0. The molecule has 1 heterocycles. The van der Waals surface area contributed by atoms with E-state index in [1.165, 1.54) is 6.08 Å². The molecule has 0 bridgehead atoms. The third-order valence-corrected chi connectivity index (χ3v) is 2.97. The van der Waals surface area contributed by atoms with Gasteiger partial charge in [-0.2, -0.15) is 0 Å². The van der Waals surface area contributed by atoms with Gasteiger partial charge >= 0.3 is 0 Å². The number of H-pyrrole nitrogens is 1. The van der Waals surface area contributed by atoms with Gasteiger partial charge in [0.25, 0.3) is 11.8 Å². The molecular weight excluding hydrogens is 322 g/mol. The lowest BCUT2D eigenvalue weighted by Crippen LogP contribution is -2.40. The predicted octanol–water partition coefficient (Wildman–Crippen LogP) is 2.25. The van der Waals surface area contributed by atoms with Gasteiger partial charge in [0.05, 0.1) is 0 Å². The van der Waals surface area contributed by atoms with Crippen molar-refractivity contribution in [2.24, 2.45) is 0 Å². The molecule has 6 heteroatoms. The summed E-state index contributed by atoms with van der Waals surface area (Å²) in [5.74, 6) is -0.812. The number of rotatable bonds is 3. The Labute approximate surface area is 124 Å². The van der Waals surface area contributed by atoms with Crippen LogP contribution in [0.2, 0.25) is 0 Å². The molecule has 2 rings (SSSR count). The second-order valence-corrected chi connectivity index (χ2v) is 4.83. The maximum Gasteiger partial charge on any atom is 0.286 e. The number of aromatic amines is 1. The molecule has 2 amide bonds. The van der Waals surface area contributed by atoms with E-state index >= 15 is 0 Å². The molecule has 0 fully saturated rings. The summed E-state index contributed by atoms with van der Waals surface area (Å²) in [6.07, 6.45) is 4.63. The minimum atomic E-state index is -0.409. The summed E-state index contributed by atoms with van der Waals surface area (Å²) in [6, 6.07) is 10.8.